The van der Waals surface area contributed by atoms with Gasteiger partial charge in [-0.05, 0) is 49.1 Å². The molecule has 0 bridgehead atoms. The molecule has 5 nitrogen and oxygen atoms in total. The average molecular weight is 306 g/mol. The predicted octanol–water partition coefficient (Wildman–Crippen LogP) is 3.02. The normalized spacial score (nSPS) is 17.8. The van der Waals surface area contributed by atoms with Crippen molar-refractivity contribution in [2.45, 2.75) is 25.8 Å². The molecule has 0 saturated carbocycles. The first kappa shape index (κ1) is 13.9. The van der Waals surface area contributed by atoms with E-state index in [9.17, 15) is 4.79 Å². The van der Waals surface area contributed by atoms with Gasteiger partial charge in [-0.2, -0.15) is 0 Å². The van der Waals surface area contributed by atoms with E-state index in [4.69, 9.17) is 0 Å². The number of carbonyl (C=O) groups is 1. The van der Waals surface area contributed by atoms with Crippen LogP contribution in [-0.2, 0) is 0 Å². The van der Waals surface area contributed by atoms with Gasteiger partial charge < -0.3 is 4.90 Å². The predicted molar refractivity (Wildman–Crippen MR) is 87.2 cm³/mol. The maximum Gasteiger partial charge on any atom is 0.273 e. The summed E-state index contributed by atoms with van der Waals surface area (Å²) < 4.78 is 1.89. The molecule has 1 aliphatic rings. The molecule has 5 heteroatoms. The van der Waals surface area contributed by atoms with Gasteiger partial charge in [-0.1, -0.05) is 6.07 Å². The van der Waals surface area contributed by atoms with E-state index in [1.807, 2.05) is 46.7 Å². The molecular formula is C18H18N4O. The van der Waals surface area contributed by atoms with Crippen molar-refractivity contribution in [1.82, 2.24) is 19.3 Å². The Morgan fingerprint density at radius 1 is 1.22 bits per heavy atom. The molecule has 1 aliphatic heterocycles. The molecule has 0 aliphatic carbocycles. The molecule has 4 rings (SSSR count). The van der Waals surface area contributed by atoms with Gasteiger partial charge in [0, 0.05) is 25.1 Å². The Hall–Kier alpha value is -2.69. The number of pyridine rings is 2. The van der Waals surface area contributed by atoms with Crippen molar-refractivity contribution in [2.75, 3.05) is 6.54 Å². The highest BCUT2D eigenvalue weighted by Gasteiger charge is 2.31. The molecule has 4 heterocycles. The highest BCUT2D eigenvalue weighted by Crippen LogP contribution is 2.32. The molecule has 1 atom stereocenters. The van der Waals surface area contributed by atoms with Crippen molar-refractivity contribution in [3.8, 4) is 0 Å². The van der Waals surface area contributed by atoms with Crippen LogP contribution in [0.2, 0.25) is 0 Å². The lowest BCUT2D eigenvalue weighted by molar-refractivity contribution is 0.0728. The third kappa shape index (κ3) is 2.38. The van der Waals surface area contributed by atoms with Crippen molar-refractivity contribution < 1.29 is 4.79 Å². The van der Waals surface area contributed by atoms with Crippen LogP contribution in [0.25, 0.3) is 5.65 Å². The molecule has 1 saturated heterocycles. The lowest BCUT2D eigenvalue weighted by Crippen LogP contribution is -2.31. The maximum atomic E-state index is 13.1. The number of nitrogens with zero attached hydrogens (tertiary/aromatic N) is 4. The SMILES string of the molecule is Cc1ccc2ncc(C(=O)N3CCCC3c3ccncc3)n2c1. The number of amides is 1. The quantitative estimate of drug-likeness (QED) is 0.731. The Kier molecular flexibility index (Phi) is 3.33. The first-order valence-electron chi connectivity index (χ1n) is 7.88. The van der Waals surface area contributed by atoms with Crippen LogP contribution in [0.15, 0.2) is 49.1 Å². The number of likely N-dealkylation sites (tertiary alicyclic amines) is 1. The fourth-order valence-corrected chi connectivity index (χ4v) is 3.33. The Labute approximate surface area is 134 Å². The molecule has 1 unspecified atom stereocenters. The minimum atomic E-state index is 0.0439. The Bertz CT molecular complexity index is 856. The first-order valence-corrected chi connectivity index (χ1v) is 7.88. The summed E-state index contributed by atoms with van der Waals surface area (Å²) in [6, 6.07) is 8.06. The van der Waals surface area contributed by atoms with E-state index in [2.05, 4.69) is 9.97 Å². The first-order chi connectivity index (χ1) is 11.2. The minimum absolute atomic E-state index is 0.0439. The van der Waals surface area contributed by atoms with Crippen LogP contribution in [0, 0.1) is 6.92 Å². The van der Waals surface area contributed by atoms with Gasteiger partial charge in [0.1, 0.15) is 11.3 Å². The summed E-state index contributed by atoms with van der Waals surface area (Å²) in [7, 11) is 0. The van der Waals surface area contributed by atoms with Crippen molar-refractivity contribution in [1.29, 1.82) is 0 Å². The monoisotopic (exact) mass is 306 g/mol. The number of rotatable bonds is 2. The van der Waals surface area contributed by atoms with E-state index < -0.39 is 0 Å². The largest absolute Gasteiger partial charge is 0.330 e. The summed E-state index contributed by atoms with van der Waals surface area (Å²) in [6.07, 6.45) is 9.23. The van der Waals surface area contributed by atoms with Crippen LogP contribution in [0.3, 0.4) is 0 Å². The molecule has 116 valence electrons. The van der Waals surface area contributed by atoms with Crippen molar-refractivity contribution in [2.24, 2.45) is 0 Å². The summed E-state index contributed by atoms with van der Waals surface area (Å²) in [5.41, 5.74) is 3.69. The van der Waals surface area contributed by atoms with Crippen LogP contribution in [0.5, 0.6) is 0 Å². The number of hydrogen-bond donors (Lipinski definition) is 0. The number of aryl methyl sites for hydroxylation is 1. The van der Waals surface area contributed by atoms with Crippen LogP contribution >= 0.6 is 0 Å². The highest BCUT2D eigenvalue weighted by atomic mass is 16.2. The van der Waals surface area contributed by atoms with Crippen molar-refractivity contribution in [3.05, 3.63) is 65.9 Å². The number of fused-ring (bicyclic) bond motifs is 1. The Balaban J connectivity index is 1.71. The lowest BCUT2D eigenvalue weighted by Gasteiger charge is -2.24. The molecule has 0 aromatic carbocycles. The second kappa shape index (κ2) is 5.50. The third-order valence-corrected chi connectivity index (χ3v) is 4.48. The molecular weight excluding hydrogens is 288 g/mol. The van der Waals surface area contributed by atoms with E-state index in [1.165, 1.54) is 0 Å². The molecule has 1 fully saturated rings. The van der Waals surface area contributed by atoms with Gasteiger partial charge in [-0.15, -0.1) is 0 Å². The standard InChI is InChI=1S/C18H18N4O/c1-13-4-5-17-20-11-16(22(17)12-13)18(23)21-10-2-3-15(21)14-6-8-19-9-7-14/h4-9,11-12,15H,2-3,10H2,1H3. The topological polar surface area (TPSA) is 50.5 Å². The maximum absolute atomic E-state index is 13.1. The summed E-state index contributed by atoms with van der Waals surface area (Å²) in [6.45, 7) is 2.80. The van der Waals surface area contributed by atoms with Gasteiger partial charge in [0.2, 0.25) is 0 Å². The van der Waals surface area contributed by atoms with E-state index >= 15 is 0 Å². The average Bonchev–Trinajstić information content (AvgIpc) is 3.21. The van der Waals surface area contributed by atoms with E-state index in [0.29, 0.717) is 5.69 Å². The molecule has 0 spiro atoms. The molecule has 3 aromatic heterocycles. The molecule has 0 radical (unpaired) electrons. The Morgan fingerprint density at radius 3 is 2.87 bits per heavy atom. The second-order valence-corrected chi connectivity index (χ2v) is 6.02. The van der Waals surface area contributed by atoms with Crippen molar-refractivity contribution >= 4 is 11.6 Å². The minimum Gasteiger partial charge on any atom is -0.330 e. The van der Waals surface area contributed by atoms with Crippen molar-refractivity contribution in [3.63, 3.8) is 0 Å². The highest BCUT2D eigenvalue weighted by molar-refractivity contribution is 5.93. The smallest absolute Gasteiger partial charge is 0.273 e. The fourth-order valence-electron chi connectivity index (χ4n) is 3.33. The van der Waals surface area contributed by atoms with E-state index in [-0.39, 0.29) is 11.9 Å². The molecule has 3 aromatic rings. The van der Waals surface area contributed by atoms with Crippen LogP contribution in [-0.4, -0.2) is 31.7 Å². The number of aromatic nitrogens is 3. The zero-order valence-corrected chi connectivity index (χ0v) is 13.0. The third-order valence-electron chi connectivity index (χ3n) is 4.48. The van der Waals surface area contributed by atoms with Crippen LogP contribution in [0.1, 0.15) is 40.5 Å². The summed E-state index contributed by atoms with van der Waals surface area (Å²) in [5.74, 6) is 0.0439. The summed E-state index contributed by atoms with van der Waals surface area (Å²) in [5, 5.41) is 0. The fraction of sp³-hybridized carbons (Fsp3) is 0.278. The summed E-state index contributed by atoms with van der Waals surface area (Å²) >= 11 is 0. The van der Waals surface area contributed by atoms with Gasteiger partial charge in [-0.3, -0.25) is 14.2 Å². The zero-order valence-electron chi connectivity index (χ0n) is 13.0. The number of imidazole rings is 1. The van der Waals surface area contributed by atoms with E-state index in [0.717, 1.165) is 36.2 Å². The van der Waals surface area contributed by atoms with Gasteiger partial charge in [0.25, 0.3) is 5.91 Å². The lowest BCUT2D eigenvalue weighted by atomic mass is 10.1. The molecule has 0 N–H and O–H groups in total. The summed E-state index contributed by atoms with van der Waals surface area (Å²) in [4.78, 5) is 23.5. The number of carbonyl (C=O) groups excluding carboxylic acids is 1. The van der Waals surface area contributed by atoms with Crippen LogP contribution in [0.4, 0.5) is 0 Å². The number of hydrogen-bond acceptors (Lipinski definition) is 3. The van der Waals surface area contributed by atoms with Gasteiger partial charge in [0.15, 0.2) is 0 Å². The molecule has 1 amide bonds. The Morgan fingerprint density at radius 2 is 2.04 bits per heavy atom. The molecule has 23 heavy (non-hydrogen) atoms. The van der Waals surface area contributed by atoms with Gasteiger partial charge in [0.05, 0.1) is 12.2 Å². The van der Waals surface area contributed by atoms with Gasteiger partial charge >= 0.3 is 0 Å². The van der Waals surface area contributed by atoms with E-state index in [1.54, 1.807) is 18.6 Å². The van der Waals surface area contributed by atoms with Gasteiger partial charge in [-0.25, -0.2) is 4.98 Å². The second-order valence-electron chi connectivity index (χ2n) is 6.02. The van der Waals surface area contributed by atoms with Crippen LogP contribution < -0.4 is 0 Å². The zero-order chi connectivity index (χ0) is 15.8.